The highest BCUT2D eigenvalue weighted by Crippen LogP contribution is 2.35. The molecular weight excluding hydrogens is 356 g/mol. The van der Waals surface area contributed by atoms with Gasteiger partial charge in [-0.05, 0) is 32.9 Å². The fourth-order valence-corrected chi connectivity index (χ4v) is 2.79. The average Bonchev–Trinajstić information content (AvgIpc) is 2.99. The van der Waals surface area contributed by atoms with Crippen LogP contribution in [0.25, 0.3) is 0 Å². The Labute approximate surface area is 167 Å². The van der Waals surface area contributed by atoms with Crippen LogP contribution in [0.1, 0.15) is 31.9 Å². The van der Waals surface area contributed by atoms with Crippen LogP contribution in [0.15, 0.2) is 29.3 Å². The summed E-state index contributed by atoms with van der Waals surface area (Å²) in [6, 6.07) is 4.06. The molecule has 2 N–H and O–H groups in total. The Bertz CT molecular complexity index is 743. The van der Waals surface area contributed by atoms with E-state index in [1.54, 1.807) is 14.1 Å². The van der Waals surface area contributed by atoms with Crippen molar-refractivity contribution in [2.45, 2.75) is 39.8 Å². The average molecular weight is 389 g/mol. The molecule has 28 heavy (non-hydrogen) atoms. The molecule has 2 rings (SSSR count). The first-order valence-electron chi connectivity index (χ1n) is 9.62. The molecule has 1 unspecified atom stereocenters. The van der Waals surface area contributed by atoms with Crippen molar-refractivity contribution in [2.24, 2.45) is 4.99 Å². The number of rotatable bonds is 8. The minimum Gasteiger partial charge on any atom is -0.494 e. The maximum atomic E-state index is 11.9. The predicted octanol–water partition coefficient (Wildman–Crippen LogP) is 2.11. The highest BCUT2D eigenvalue weighted by Gasteiger charge is 2.21. The molecule has 0 spiro atoms. The third-order valence-corrected chi connectivity index (χ3v) is 4.25. The summed E-state index contributed by atoms with van der Waals surface area (Å²) in [5.74, 6) is 2.25. The van der Waals surface area contributed by atoms with Crippen molar-refractivity contribution in [1.82, 2.24) is 15.5 Å². The van der Waals surface area contributed by atoms with E-state index in [1.807, 2.05) is 19.9 Å². The van der Waals surface area contributed by atoms with E-state index in [9.17, 15) is 4.79 Å². The van der Waals surface area contributed by atoms with Gasteiger partial charge in [-0.1, -0.05) is 12.2 Å². The second-order valence-corrected chi connectivity index (χ2v) is 7.25. The summed E-state index contributed by atoms with van der Waals surface area (Å²) in [6.07, 6.45) is 1.06. The fraction of sp³-hybridized carbons (Fsp3) is 0.524. The largest absolute Gasteiger partial charge is 0.494 e. The summed E-state index contributed by atoms with van der Waals surface area (Å²) in [5.41, 5.74) is 3.09. The first-order valence-corrected chi connectivity index (χ1v) is 9.62. The Morgan fingerprint density at radius 2 is 2.07 bits per heavy atom. The van der Waals surface area contributed by atoms with E-state index in [2.05, 4.69) is 35.2 Å². The Kier molecular flexibility index (Phi) is 7.72. The molecule has 1 atom stereocenters. The lowest BCUT2D eigenvalue weighted by atomic mass is 10.1. The van der Waals surface area contributed by atoms with Gasteiger partial charge in [-0.25, -0.2) is 4.99 Å². The van der Waals surface area contributed by atoms with Crippen molar-refractivity contribution < 1.29 is 14.3 Å². The van der Waals surface area contributed by atoms with Crippen molar-refractivity contribution >= 4 is 11.9 Å². The normalized spacial score (nSPS) is 15.5. The molecule has 0 aromatic heterocycles. The van der Waals surface area contributed by atoms with Crippen LogP contribution in [0.5, 0.6) is 11.5 Å². The zero-order chi connectivity index (χ0) is 20.7. The lowest BCUT2D eigenvalue weighted by Gasteiger charge is -2.16. The van der Waals surface area contributed by atoms with E-state index in [4.69, 9.17) is 9.47 Å². The molecule has 1 aliphatic rings. The van der Waals surface area contributed by atoms with Crippen molar-refractivity contribution in [1.29, 1.82) is 0 Å². The molecule has 7 heteroatoms. The predicted molar refractivity (Wildman–Crippen MR) is 112 cm³/mol. The van der Waals surface area contributed by atoms with Gasteiger partial charge in [0.1, 0.15) is 17.6 Å². The molecule has 7 nitrogen and oxygen atoms in total. The Morgan fingerprint density at radius 3 is 2.71 bits per heavy atom. The molecule has 0 saturated carbocycles. The molecule has 0 fully saturated rings. The fourth-order valence-electron chi connectivity index (χ4n) is 2.79. The van der Waals surface area contributed by atoms with E-state index in [-0.39, 0.29) is 18.6 Å². The standard InChI is InChI=1S/C21H32N4O3/c1-7-27-18-9-16-8-15(4)28-19(16)10-17(18)12-23-21(22-11-14(2)3)24-13-20(26)25(5)6/h9-10,15H,2,7-8,11-13H2,1,3-6H3,(H2,22,23,24). The van der Waals surface area contributed by atoms with Gasteiger partial charge in [0.15, 0.2) is 5.96 Å². The molecule has 0 aliphatic carbocycles. The molecule has 1 aromatic carbocycles. The molecule has 0 saturated heterocycles. The van der Waals surface area contributed by atoms with Crippen LogP contribution in [-0.2, 0) is 17.8 Å². The number of ether oxygens (including phenoxy) is 2. The Balaban J connectivity index is 2.17. The summed E-state index contributed by atoms with van der Waals surface area (Å²) in [7, 11) is 3.45. The molecule has 0 radical (unpaired) electrons. The lowest BCUT2D eigenvalue weighted by Crippen LogP contribution is -2.43. The third-order valence-electron chi connectivity index (χ3n) is 4.25. The number of benzene rings is 1. The molecule has 1 amide bonds. The zero-order valence-corrected chi connectivity index (χ0v) is 17.6. The van der Waals surface area contributed by atoms with Crippen LogP contribution < -0.4 is 20.1 Å². The molecule has 1 heterocycles. The first-order chi connectivity index (χ1) is 13.3. The van der Waals surface area contributed by atoms with Gasteiger partial charge in [0, 0.05) is 38.2 Å². The van der Waals surface area contributed by atoms with Crippen molar-refractivity contribution in [3.05, 3.63) is 35.4 Å². The first kappa shape index (κ1) is 21.6. The number of nitrogens with zero attached hydrogens (tertiary/aromatic N) is 2. The highest BCUT2D eigenvalue weighted by atomic mass is 16.5. The summed E-state index contributed by atoms with van der Waals surface area (Å²) < 4.78 is 11.7. The topological polar surface area (TPSA) is 75.2 Å². The molecule has 0 bridgehead atoms. The Hall–Kier alpha value is -2.70. The van der Waals surface area contributed by atoms with Crippen LogP contribution in [-0.4, -0.2) is 56.7 Å². The maximum Gasteiger partial charge on any atom is 0.241 e. The van der Waals surface area contributed by atoms with Gasteiger partial charge < -0.3 is 25.0 Å². The Morgan fingerprint density at radius 1 is 1.36 bits per heavy atom. The number of carbonyl (C=O) groups excluding carboxylic acids is 1. The monoisotopic (exact) mass is 388 g/mol. The second-order valence-electron chi connectivity index (χ2n) is 7.25. The third kappa shape index (κ3) is 6.18. The number of fused-ring (bicyclic) bond motifs is 1. The van der Waals surface area contributed by atoms with Gasteiger partial charge in [-0.3, -0.25) is 4.79 Å². The van der Waals surface area contributed by atoms with Crippen LogP contribution in [0.2, 0.25) is 0 Å². The smallest absolute Gasteiger partial charge is 0.241 e. The number of likely N-dealkylation sites (N-methyl/N-ethyl adjacent to an activating group) is 1. The summed E-state index contributed by atoms with van der Waals surface area (Å²) in [5, 5.41) is 6.26. The highest BCUT2D eigenvalue weighted by molar-refractivity contribution is 5.86. The van der Waals surface area contributed by atoms with E-state index in [0.29, 0.717) is 25.7 Å². The van der Waals surface area contributed by atoms with Crippen LogP contribution in [0.3, 0.4) is 0 Å². The molecule has 154 valence electrons. The van der Waals surface area contributed by atoms with Crippen LogP contribution in [0, 0.1) is 0 Å². The summed E-state index contributed by atoms with van der Waals surface area (Å²) >= 11 is 0. The number of hydrogen-bond acceptors (Lipinski definition) is 4. The summed E-state index contributed by atoms with van der Waals surface area (Å²) in [4.78, 5) is 18.1. The quantitative estimate of drug-likeness (QED) is 0.405. The van der Waals surface area contributed by atoms with Crippen LogP contribution >= 0.6 is 0 Å². The minimum atomic E-state index is -0.0280. The van der Waals surface area contributed by atoms with Crippen molar-refractivity contribution in [3.8, 4) is 11.5 Å². The van der Waals surface area contributed by atoms with Crippen LogP contribution in [0.4, 0.5) is 0 Å². The lowest BCUT2D eigenvalue weighted by molar-refractivity contribution is -0.127. The number of nitrogens with one attached hydrogen (secondary N) is 2. The van der Waals surface area contributed by atoms with Gasteiger partial charge >= 0.3 is 0 Å². The zero-order valence-electron chi connectivity index (χ0n) is 17.6. The molecule has 1 aliphatic heterocycles. The van der Waals surface area contributed by atoms with Crippen molar-refractivity contribution in [3.63, 3.8) is 0 Å². The number of aliphatic imine (C=N–C) groups is 1. The van der Waals surface area contributed by atoms with E-state index in [1.165, 1.54) is 10.5 Å². The number of guanidine groups is 1. The number of carbonyl (C=O) groups is 1. The number of amides is 1. The van der Waals surface area contributed by atoms with Gasteiger partial charge in [0.25, 0.3) is 0 Å². The minimum absolute atomic E-state index is 0.0280. The van der Waals surface area contributed by atoms with Gasteiger partial charge in [-0.2, -0.15) is 0 Å². The van der Waals surface area contributed by atoms with Gasteiger partial charge in [-0.15, -0.1) is 0 Å². The number of hydrogen-bond donors (Lipinski definition) is 2. The van der Waals surface area contributed by atoms with Crippen molar-refractivity contribution in [2.75, 3.05) is 33.8 Å². The van der Waals surface area contributed by atoms with Gasteiger partial charge in [0.2, 0.25) is 5.91 Å². The van der Waals surface area contributed by atoms with Gasteiger partial charge in [0.05, 0.1) is 19.7 Å². The van der Waals surface area contributed by atoms with E-state index >= 15 is 0 Å². The molecule has 1 aromatic rings. The summed E-state index contributed by atoms with van der Waals surface area (Å²) in [6.45, 7) is 11.6. The maximum absolute atomic E-state index is 11.9. The second kappa shape index (κ2) is 10.0. The molecular formula is C21H32N4O3. The van der Waals surface area contributed by atoms with E-state index < -0.39 is 0 Å². The van der Waals surface area contributed by atoms with E-state index in [0.717, 1.165) is 29.1 Å². The SMILES string of the molecule is C=C(C)CNC(=NCc1cc2c(cc1OCC)CC(C)O2)NCC(=O)N(C)C.